The van der Waals surface area contributed by atoms with E-state index in [4.69, 9.17) is 15.5 Å². The molecule has 0 spiro atoms. The summed E-state index contributed by atoms with van der Waals surface area (Å²) in [5.41, 5.74) is 13.7. The Bertz CT molecular complexity index is 1380. The number of nitrogens with two attached hydrogens (primary N) is 1. The zero-order valence-corrected chi connectivity index (χ0v) is 19.3. The summed E-state index contributed by atoms with van der Waals surface area (Å²) in [7, 11) is 0. The van der Waals surface area contributed by atoms with Gasteiger partial charge in [0.2, 0.25) is 5.91 Å². The lowest BCUT2D eigenvalue weighted by molar-refractivity contribution is -0.119. The maximum Gasteiger partial charge on any atom is 0.224 e. The number of H-pyrrole nitrogens is 1. The molecule has 34 heavy (non-hydrogen) atoms. The number of carbonyl (C=O) groups excluding carboxylic acids is 1. The van der Waals surface area contributed by atoms with Crippen molar-refractivity contribution in [3.8, 4) is 22.5 Å². The van der Waals surface area contributed by atoms with Crippen molar-refractivity contribution in [2.24, 2.45) is 5.73 Å². The standard InChI is InChI=1S/C26H28N6O2/c1-15-22(14-29-32(15)18-8-11-34-12-9-18)25-30-23-20(7-10-28-26(23)31-25)17-5-6-19-16(13-17)3-2-4-21(19)24(27)33/h5-7,10,13-14,18,21H,2-4,8-9,11-12H2,1H3,(H2,27,33)(H,28,30,31). The Morgan fingerprint density at radius 2 is 2.03 bits per heavy atom. The van der Waals surface area contributed by atoms with Crippen LogP contribution < -0.4 is 5.73 Å². The SMILES string of the molecule is Cc1c(-c2nc3nccc(-c4ccc5c(c4)CCCC5C(N)=O)c3[nH]2)cnn1C1CCOCC1. The highest BCUT2D eigenvalue weighted by Gasteiger charge is 2.25. The van der Waals surface area contributed by atoms with Gasteiger partial charge < -0.3 is 15.5 Å². The first kappa shape index (κ1) is 21.0. The van der Waals surface area contributed by atoms with Crippen molar-refractivity contribution >= 4 is 17.1 Å². The quantitative estimate of drug-likeness (QED) is 0.481. The Labute approximate surface area is 197 Å². The molecular formula is C26H28N6O2. The molecule has 4 heterocycles. The summed E-state index contributed by atoms with van der Waals surface area (Å²) in [4.78, 5) is 24.7. The smallest absolute Gasteiger partial charge is 0.224 e. The van der Waals surface area contributed by atoms with Gasteiger partial charge in [0.25, 0.3) is 0 Å². The van der Waals surface area contributed by atoms with Crippen molar-refractivity contribution < 1.29 is 9.53 Å². The predicted molar refractivity (Wildman–Crippen MR) is 129 cm³/mol. The van der Waals surface area contributed by atoms with Gasteiger partial charge in [-0.05, 0) is 61.8 Å². The van der Waals surface area contributed by atoms with E-state index in [0.29, 0.717) is 11.7 Å². The lowest BCUT2D eigenvalue weighted by atomic mass is 9.81. The summed E-state index contributed by atoms with van der Waals surface area (Å²) in [5.74, 6) is 0.344. The van der Waals surface area contributed by atoms with Crippen LogP contribution in [0, 0.1) is 6.92 Å². The van der Waals surface area contributed by atoms with Crippen molar-refractivity contribution in [2.75, 3.05) is 13.2 Å². The molecule has 0 radical (unpaired) electrons. The second kappa shape index (κ2) is 8.36. The largest absolute Gasteiger partial charge is 0.381 e. The molecule has 1 aliphatic carbocycles. The molecule has 1 aliphatic heterocycles. The normalized spacial score (nSPS) is 18.8. The fraction of sp³-hybridized carbons (Fsp3) is 0.385. The van der Waals surface area contributed by atoms with Crippen molar-refractivity contribution in [2.45, 2.75) is 51.0 Å². The third kappa shape index (κ3) is 3.49. The van der Waals surface area contributed by atoms with Gasteiger partial charge in [0, 0.05) is 30.7 Å². The number of rotatable bonds is 4. The van der Waals surface area contributed by atoms with Crippen molar-refractivity contribution in [3.63, 3.8) is 0 Å². The Hall–Kier alpha value is -3.52. The van der Waals surface area contributed by atoms with E-state index in [1.807, 2.05) is 12.3 Å². The third-order valence-electron chi connectivity index (χ3n) is 7.34. The maximum atomic E-state index is 11.9. The van der Waals surface area contributed by atoms with Gasteiger partial charge in [0.1, 0.15) is 5.82 Å². The van der Waals surface area contributed by atoms with Crippen LogP contribution in [0.2, 0.25) is 0 Å². The summed E-state index contributed by atoms with van der Waals surface area (Å²) in [6, 6.07) is 8.70. The third-order valence-corrected chi connectivity index (χ3v) is 7.34. The van der Waals surface area contributed by atoms with Crippen LogP contribution in [-0.2, 0) is 16.0 Å². The number of aromatic amines is 1. The lowest BCUT2D eigenvalue weighted by Crippen LogP contribution is -2.25. The zero-order chi connectivity index (χ0) is 23.2. The molecule has 8 heteroatoms. The summed E-state index contributed by atoms with van der Waals surface area (Å²) >= 11 is 0. The van der Waals surface area contributed by atoms with Crippen LogP contribution in [0.5, 0.6) is 0 Å². The summed E-state index contributed by atoms with van der Waals surface area (Å²) < 4.78 is 7.62. The Kier molecular flexibility index (Phi) is 5.17. The minimum absolute atomic E-state index is 0.191. The van der Waals surface area contributed by atoms with Crippen molar-refractivity contribution in [3.05, 3.63) is 53.5 Å². The highest BCUT2D eigenvalue weighted by molar-refractivity contribution is 5.92. The fourth-order valence-electron chi connectivity index (χ4n) is 5.51. The van der Waals surface area contributed by atoms with E-state index in [1.165, 1.54) is 5.56 Å². The summed E-state index contributed by atoms with van der Waals surface area (Å²) in [6.45, 7) is 3.65. The second-order valence-electron chi connectivity index (χ2n) is 9.34. The number of hydrogen-bond donors (Lipinski definition) is 2. The minimum atomic E-state index is -0.241. The van der Waals surface area contributed by atoms with Gasteiger partial charge in [-0.25, -0.2) is 9.97 Å². The summed E-state index contributed by atoms with van der Waals surface area (Å²) in [5, 5.41) is 4.68. The molecule has 6 rings (SSSR count). The Balaban J connectivity index is 1.39. The average molecular weight is 457 g/mol. The number of amides is 1. The number of benzene rings is 1. The predicted octanol–water partition coefficient (Wildman–Crippen LogP) is 4.05. The van der Waals surface area contributed by atoms with Crippen LogP contribution >= 0.6 is 0 Å². The molecule has 1 saturated heterocycles. The lowest BCUT2D eigenvalue weighted by Gasteiger charge is -2.23. The summed E-state index contributed by atoms with van der Waals surface area (Å²) in [6.07, 6.45) is 8.40. The van der Waals surface area contributed by atoms with Crippen LogP contribution in [0.4, 0.5) is 0 Å². The highest BCUT2D eigenvalue weighted by atomic mass is 16.5. The van der Waals surface area contributed by atoms with E-state index in [9.17, 15) is 4.79 Å². The molecule has 1 amide bonds. The molecule has 1 unspecified atom stereocenters. The zero-order valence-electron chi connectivity index (χ0n) is 19.3. The minimum Gasteiger partial charge on any atom is -0.381 e. The number of nitrogens with one attached hydrogen (secondary N) is 1. The first-order valence-electron chi connectivity index (χ1n) is 12.0. The number of nitrogens with zero attached hydrogens (tertiary/aromatic N) is 4. The topological polar surface area (TPSA) is 112 Å². The number of ether oxygens (including phenoxy) is 1. The van der Waals surface area contributed by atoms with E-state index < -0.39 is 0 Å². The molecule has 0 bridgehead atoms. The van der Waals surface area contributed by atoms with Crippen LogP contribution in [0.3, 0.4) is 0 Å². The number of imidazole rings is 1. The van der Waals surface area contributed by atoms with Crippen LogP contribution in [0.25, 0.3) is 33.7 Å². The number of aromatic nitrogens is 5. The van der Waals surface area contributed by atoms with E-state index in [2.05, 4.69) is 44.9 Å². The molecule has 0 saturated carbocycles. The van der Waals surface area contributed by atoms with E-state index in [-0.39, 0.29) is 11.8 Å². The molecule has 1 aromatic carbocycles. The van der Waals surface area contributed by atoms with E-state index in [1.54, 1.807) is 6.20 Å². The molecule has 1 atom stereocenters. The first-order valence-corrected chi connectivity index (χ1v) is 12.0. The molecule has 8 nitrogen and oxygen atoms in total. The molecule has 2 aliphatic rings. The molecule has 1 fully saturated rings. The number of fused-ring (bicyclic) bond motifs is 2. The van der Waals surface area contributed by atoms with Gasteiger partial charge in [-0.1, -0.05) is 18.2 Å². The number of primary amides is 1. The molecule has 174 valence electrons. The van der Waals surface area contributed by atoms with E-state index in [0.717, 1.165) is 84.6 Å². The average Bonchev–Trinajstić information content (AvgIpc) is 3.46. The Morgan fingerprint density at radius 1 is 1.18 bits per heavy atom. The number of pyridine rings is 1. The maximum absolute atomic E-state index is 11.9. The fourth-order valence-corrected chi connectivity index (χ4v) is 5.51. The van der Waals surface area contributed by atoms with Crippen LogP contribution in [0.1, 0.15) is 54.5 Å². The number of hydrogen-bond acceptors (Lipinski definition) is 5. The van der Waals surface area contributed by atoms with Crippen molar-refractivity contribution in [1.82, 2.24) is 24.7 Å². The van der Waals surface area contributed by atoms with Gasteiger partial charge in [0.15, 0.2) is 5.65 Å². The van der Waals surface area contributed by atoms with Crippen molar-refractivity contribution in [1.29, 1.82) is 0 Å². The highest BCUT2D eigenvalue weighted by Crippen LogP contribution is 2.36. The van der Waals surface area contributed by atoms with E-state index >= 15 is 0 Å². The van der Waals surface area contributed by atoms with Gasteiger partial charge in [-0.3, -0.25) is 9.48 Å². The number of aryl methyl sites for hydroxylation is 1. The molecule has 3 aromatic heterocycles. The Morgan fingerprint density at radius 3 is 2.85 bits per heavy atom. The monoisotopic (exact) mass is 456 g/mol. The second-order valence-corrected chi connectivity index (χ2v) is 9.34. The first-order chi connectivity index (χ1) is 16.6. The van der Waals surface area contributed by atoms with Crippen LogP contribution in [-0.4, -0.2) is 43.9 Å². The van der Waals surface area contributed by atoms with Crippen LogP contribution in [0.15, 0.2) is 36.7 Å². The molecule has 4 aromatic rings. The van der Waals surface area contributed by atoms with Gasteiger partial charge in [-0.15, -0.1) is 0 Å². The van der Waals surface area contributed by atoms with Gasteiger partial charge in [-0.2, -0.15) is 5.10 Å². The molecule has 3 N–H and O–H groups in total. The molecular weight excluding hydrogens is 428 g/mol. The number of carbonyl (C=O) groups is 1. The van der Waals surface area contributed by atoms with Gasteiger partial charge >= 0.3 is 0 Å². The van der Waals surface area contributed by atoms with Gasteiger partial charge in [0.05, 0.1) is 29.2 Å².